The predicted molar refractivity (Wildman–Crippen MR) is 86.7 cm³/mol. The molecule has 0 aliphatic rings. The molecule has 0 saturated carbocycles. The predicted octanol–water partition coefficient (Wildman–Crippen LogP) is 4.85. The van der Waals surface area contributed by atoms with Gasteiger partial charge in [-0.3, -0.25) is 4.79 Å². The molecule has 2 heteroatoms. The first-order chi connectivity index (χ1) is 9.74. The van der Waals surface area contributed by atoms with Crippen LogP contribution in [-0.4, -0.2) is 5.78 Å². The maximum absolute atomic E-state index is 12.2. The van der Waals surface area contributed by atoms with Gasteiger partial charge in [0, 0.05) is 21.7 Å². The van der Waals surface area contributed by atoms with Gasteiger partial charge in [-0.15, -0.1) is 17.9 Å². The number of aryl methyl sites for hydroxylation is 1. The lowest BCUT2D eigenvalue weighted by Gasteiger charge is -1.98. The van der Waals surface area contributed by atoms with Gasteiger partial charge in [0.1, 0.15) is 0 Å². The largest absolute Gasteiger partial charge is 0.294 e. The lowest BCUT2D eigenvalue weighted by Crippen LogP contribution is -2.01. The Hall–Kier alpha value is -1.67. The molecule has 0 atom stereocenters. The van der Waals surface area contributed by atoms with Crippen molar-refractivity contribution in [3.63, 3.8) is 0 Å². The molecule has 0 radical (unpaired) electrons. The van der Waals surface area contributed by atoms with Crippen LogP contribution in [0.1, 0.15) is 39.0 Å². The summed E-state index contributed by atoms with van der Waals surface area (Å²) in [6.07, 6.45) is 5.56. The van der Waals surface area contributed by atoms with Crippen molar-refractivity contribution in [3.8, 4) is 0 Å². The first-order valence-corrected chi connectivity index (χ1v) is 7.85. The lowest BCUT2D eigenvalue weighted by atomic mass is 10.1. The van der Waals surface area contributed by atoms with Crippen LogP contribution in [0, 0.1) is 0 Å². The number of hydrogen-bond acceptors (Lipinski definition) is 2. The van der Waals surface area contributed by atoms with Crippen LogP contribution in [0.25, 0.3) is 0 Å². The molecule has 1 heterocycles. The van der Waals surface area contributed by atoms with Gasteiger partial charge >= 0.3 is 0 Å². The van der Waals surface area contributed by atoms with E-state index in [9.17, 15) is 4.79 Å². The second-order valence-electron chi connectivity index (χ2n) is 4.87. The number of hydrogen-bond donors (Lipinski definition) is 0. The van der Waals surface area contributed by atoms with Crippen molar-refractivity contribution >= 4 is 17.1 Å². The molecule has 2 aromatic rings. The molecule has 0 unspecified atom stereocenters. The normalized spacial score (nSPS) is 10.4. The Morgan fingerprint density at radius 2 is 2.05 bits per heavy atom. The highest BCUT2D eigenvalue weighted by molar-refractivity contribution is 7.12. The third-order valence-electron chi connectivity index (χ3n) is 3.22. The minimum Gasteiger partial charge on any atom is -0.294 e. The molecular formula is C18H20OS. The zero-order valence-electron chi connectivity index (χ0n) is 11.9. The van der Waals surface area contributed by atoms with Gasteiger partial charge in [0.05, 0.1) is 0 Å². The van der Waals surface area contributed by atoms with Crippen molar-refractivity contribution in [2.45, 2.75) is 32.6 Å². The molecule has 104 valence electrons. The van der Waals surface area contributed by atoms with E-state index in [-0.39, 0.29) is 5.78 Å². The van der Waals surface area contributed by atoms with Crippen LogP contribution < -0.4 is 0 Å². The second kappa shape index (κ2) is 7.20. The van der Waals surface area contributed by atoms with Gasteiger partial charge in [-0.2, -0.15) is 0 Å². The average Bonchev–Trinajstić information content (AvgIpc) is 2.82. The summed E-state index contributed by atoms with van der Waals surface area (Å²) in [6, 6.07) is 11.7. The number of benzene rings is 1. The van der Waals surface area contributed by atoms with Crippen LogP contribution >= 0.6 is 11.3 Å². The fourth-order valence-corrected chi connectivity index (χ4v) is 3.57. The van der Waals surface area contributed by atoms with E-state index in [1.807, 2.05) is 36.4 Å². The summed E-state index contributed by atoms with van der Waals surface area (Å²) in [4.78, 5) is 14.8. The number of allylic oxidation sites excluding steroid dienone is 1. The highest BCUT2D eigenvalue weighted by atomic mass is 32.1. The molecule has 2 rings (SSSR count). The van der Waals surface area contributed by atoms with Gasteiger partial charge in [-0.25, -0.2) is 0 Å². The van der Waals surface area contributed by atoms with Gasteiger partial charge in [0.25, 0.3) is 0 Å². The summed E-state index contributed by atoms with van der Waals surface area (Å²) >= 11 is 1.78. The van der Waals surface area contributed by atoms with E-state index in [0.717, 1.165) is 24.8 Å². The van der Waals surface area contributed by atoms with Crippen molar-refractivity contribution in [3.05, 3.63) is 69.9 Å². The molecule has 0 aliphatic carbocycles. The third-order valence-corrected chi connectivity index (χ3v) is 4.46. The maximum Gasteiger partial charge on any atom is 0.168 e. The molecule has 0 N–H and O–H groups in total. The van der Waals surface area contributed by atoms with E-state index in [0.29, 0.717) is 6.42 Å². The molecule has 0 saturated heterocycles. The Bertz CT molecular complexity index is 581. The monoisotopic (exact) mass is 284 g/mol. The van der Waals surface area contributed by atoms with Crippen molar-refractivity contribution < 1.29 is 4.79 Å². The van der Waals surface area contributed by atoms with E-state index in [1.54, 1.807) is 11.3 Å². The van der Waals surface area contributed by atoms with E-state index in [4.69, 9.17) is 0 Å². The smallest absolute Gasteiger partial charge is 0.168 e. The van der Waals surface area contributed by atoms with E-state index < -0.39 is 0 Å². The summed E-state index contributed by atoms with van der Waals surface area (Å²) in [6.45, 7) is 6.00. The minimum atomic E-state index is 0.194. The molecule has 0 aliphatic heterocycles. The highest BCUT2D eigenvalue weighted by Gasteiger charge is 2.12. The topological polar surface area (TPSA) is 17.1 Å². The van der Waals surface area contributed by atoms with Crippen LogP contribution in [-0.2, 0) is 19.3 Å². The zero-order chi connectivity index (χ0) is 14.4. The summed E-state index contributed by atoms with van der Waals surface area (Å²) in [7, 11) is 0. The first-order valence-electron chi connectivity index (χ1n) is 7.04. The van der Waals surface area contributed by atoms with Crippen LogP contribution in [0.15, 0.2) is 49.1 Å². The molecule has 1 aromatic heterocycles. The standard InChI is InChI=1S/C18H20OS/c1-3-8-15-12-16(20-18(15)9-4-2)13-17(19)14-10-6-5-7-11-14/h3,5-7,10-12H,1,4,8-9,13H2,2H3. The van der Waals surface area contributed by atoms with Crippen LogP contribution in [0.2, 0.25) is 0 Å². The lowest BCUT2D eigenvalue weighted by molar-refractivity contribution is 0.0994. The van der Waals surface area contributed by atoms with Crippen LogP contribution in [0.5, 0.6) is 0 Å². The van der Waals surface area contributed by atoms with Crippen LogP contribution in [0.4, 0.5) is 0 Å². The fourth-order valence-electron chi connectivity index (χ4n) is 2.27. The molecule has 20 heavy (non-hydrogen) atoms. The Morgan fingerprint density at radius 3 is 2.70 bits per heavy atom. The number of rotatable bonds is 7. The maximum atomic E-state index is 12.2. The third kappa shape index (κ3) is 3.67. The molecule has 0 amide bonds. The number of carbonyl (C=O) groups excluding carboxylic acids is 1. The molecule has 0 fully saturated rings. The van der Waals surface area contributed by atoms with E-state index >= 15 is 0 Å². The number of thiophene rings is 1. The fraction of sp³-hybridized carbons (Fsp3) is 0.278. The summed E-state index contributed by atoms with van der Waals surface area (Å²) in [5.41, 5.74) is 2.13. The Morgan fingerprint density at radius 1 is 1.30 bits per heavy atom. The summed E-state index contributed by atoms with van der Waals surface area (Å²) in [5, 5.41) is 0. The molecule has 1 nitrogen and oxygen atoms in total. The summed E-state index contributed by atoms with van der Waals surface area (Å²) in [5.74, 6) is 0.194. The quantitative estimate of drug-likeness (QED) is 0.524. The van der Waals surface area contributed by atoms with Crippen molar-refractivity contribution in [1.82, 2.24) is 0 Å². The number of ketones is 1. The highest BCUT2D eigenvalue weighted by Crippen LogP contribution is 2.26. The first kappa shape index (κ1) is 14.7. The van der Waals surface area contributed by atoms with Crippen molar-refractivity contribution in [2.24, 2.45) is 0 Å². The summed E-state index contributed by atoms with van der Waals surface area (Å²) < 4.78 is 0. The van der Waals surface area contributed by atoms with Gasteiger partial charge in [0.2, 0.25) is 0 Å². The van der Waals surface area contributed by atoms with E-state index in [1.165, 1.54) is 15.3 Å². The second-order valence-corrected chi connectivity index (χ2v) is 6.09. The zero-order valence-corrected chi connectivity index (χ0v) is 12.7. The van der Waals surface area contributed by atoms with Crippen molar-refractivity contribution in [2.75, 3.05) is 0 Å². The molecule has 1 aromatic carbocycles. The Balaban J connectivity index is 2.15. The van der Waals surface area contributed by atoms with Gasteiger partial charge in [0.15, 0.2) is 5.78 Å². The van der Waals surface area contributed by atoms with Crippen molar-refractivity contribution in [1.29, 1.82) is 0 Å². The molecule has 0 spiro atoms. The SMILES string of the molecule is C=CCc1cc(CC(=O)c2ccccc2)sc1CCC. The van der Waals surface area contributed by atoms with Gasteiger partial charge in [-0.05, 0) is 24.5 Å². The average molecular weight is 284 g/mol. The van der Waals surface area contributed by atoms with Gasteiger partial charge < -0.3 is 0 Å². The van der Waals surface area contributed by atoms with Crippen LogP contribution in [0.3, 0.4) is 0 Å². The Labute approximate surface area is 125 Å². The number of carbonyl (C=O) groups is 1. The van der Waals surface area contributed by atoms with E-state index in [2.05, 4.69) is 19.6 Å². The number of Topliss-reactive ketones (excluding diaryl/α,β-unsaturated/α-hetero) is 1. The molecular weight excluding hydrogens is 264 g/mol. The Kier molecular flexibility index (Phi) is 5.31. The van der Waals surface area contributed by atoms with Gasteiger partial charge in [-0.1, -0.05) is 49.8 Å². The minimum absolute atomic E-state index is 0.194. The molecule has 0 bridgehead atoms.